The molecule has 0 saturated carbocycles. The monoisotopic (exact) mass is 163 g/mol. The SMILES string of the molecule is C[C]=O.Cc1cc(C)cc(C)c1. The standard InChI is InChI=1S/C9H12.C2H3O/c1-7-4-8(2)6-9(3)5-7;1-2-3/h4-6H,1-3H3;1H3. The first-order valence-electron chi connectivity index (χ1n) is 3.94. The Labute approximate surface area is 74.4 Å². The molecule has 1 radical (unpaired) electrons. The third-order valence-corrected chi connectivity index (χ3v) is 1.37. The second kappa shape index (κ2) is 5.53. The summed E-state index contributed by atoms with van der Waals surface area (Å²) in [5.41, 5.74) is 4.06. The third kappa shape index (κ3) is 4.67. The van der Waals surface area contributed by atoms with E-state index in [1.54, 1.807) is 0 Å². The summed E-state index contributed by atoms with van der Waals surface area (Å²) in [4.78, 5) is 8.68. The van der Waals surface area contributed by atoms with Gasteiger partial charge in [0.25, 0.3) is 0 Å². The van der Waals surface area contributed by atoms with Gasteiger partial charge >= 0.3 is 0 Å². The zero-order valence-corrected chi connectivity index (χ0v) is 8.14. The highest BCUT2D eigenvalue weighted by molar-refractivity contribution is 5.45. The number of rotatable bonds is 0. The molecule has 0 amide bonds. The van der Waals surface area contributed by atoms with E-state index in [1.165, 1.54) is 29.9 Å². The number of carbonyl (C=O) groups excluding carboxylic acids is 1. The predicted molar refractivity (Wildman–Crippen MR) is 52.0 cm³/mol. The topological polar surface area (TPSA) is 17.1 Å². The number of hydrogen-bond acceptors (Lipinski definition) is 1. The van der Waals surface area contributed by atoms with Crippen LogP contribution in [0, 0.1) is 20.8 Å². The van der Waals surface area contributed by atoms with Crippen molar-refractivity contribution in [1.82, 2.24) is 0 Å². The first-order valence-corrected chi connectivity index (χ1v) is 3.94. The van der Waals surface area contributed by atoms with Gasteiger partial charge < -0.3 is 0 Å². The predicted octanol–water partition coefficient (Wildman–Crippen LogP) is 2.73. The van der Waals surface area contributed by atoms with Crippen LogP contribution in [0.15, 0.2) is 18.2 Å². The summed E-state index contributed by atoms with van der Waals surface area (Å²) in [6.45, 7) is 7.69. The summed E-state index contributed by atoms with van der Waals surface area (Å²) in [5.74, 6) is 0. The van der Waals surface area contributed by atoms with Crippen LogP contribution in [0.1, 0.15) is 23.6 Å². The second-order valence-corrected chi connectivity index (χ2v) is 2.87. The van der Waals surface area contributed by atoms with Crippen LogP contribution in [-0.4, -0.2) is 6.29 Å². The second-order valence-electron chi connectivity index (χ2n) is 2.87. The van der Waals surface area contributed by atoms with Crippen LogP contribution in [0.2, 0.25) is 0 Å². The Morgan fingerprint density at radius 2 is 1.08 bits per heavy atom. The molecule has 0 fully saturated rings. The Balaban J connectivity index is 0.000000354. The molecule has 0 aliphatic rings. The molecule has 12 heavy (non-hydrogen) atoms. The Hall–Kier alpha value is -1.11. The van der Waals surface area contributed by atoms with Gasteiger partial charge in [0, 0.05) is 6.92 Å². The van der Waals surface area contributed by atoms with Crippen molar-refractivity contribution in [2.75, 3.05) is 0 Å². The van der Waals surface area contributed by atoms with Crippen LogP contribution in [0.25, 0.3) is 0 Å². The van der Waals surface area contributed by atoms with Crippen LogP contribution in [-0.2, 0) is 4.79 Å². The molecule has 0 atom stereocenters. The molecule has 0 heterocycles. The highest BCUT2D eigenvalue weighted by Crippen LogP contribution is 2.06. The lowest BCUT2D eigenvalue weighted by Gasteiger charge is -1.96. The van der Waals surface area contributed by atoms with Gasteiger partial charge in [0.1, 0.15) is 0 Å². The van der Waals surface area contributed by atoms with Gasteiger partial charge in [0.2, 0.25) is 0 Å². The minimum Gasteiger partial charge on any atom is -0.291 e. The Bertz CT molecular complexity index is 201. The Kier molecular flexibility index (Phi) is 5.02. The van der Waals surface area contributed by atoms with E-state index in [4.69, 9.17) is 4.79 Å². The maximum Gasteiger partial charge on any atom is 0.195 e. The maximum absolute atomic E-state index is 8.68. The minimum atomic E-state index is 1.32. The van der Waals surface area contributed by atoms with Crippen LogP contribution in [0.5, 0.6) is 0 Å². The van der Waals surface area contributed by atoms with E-state index in [0.717, 1.165) is 0 Å². The van der Waals surface area contributed by atoms with Crippen molar-refractivity contribution >= 4 is 6.29 Å². The Morgan fingerprint density at radius 3 is 1.25 bits per heavy atom. The largest absolute Gasteiger partial charge is 0.291 e. The van der Waals surface area contributed by atoms with Crippen molar-refractivity contribution < 1.29 is 4.79 Å². The molecule has 1 rings (SSSR count). The van der Waals surface area contributed by atoms with E-state index in [2.05, 4.69) is 39.0 Å². The molecule has 1 aromatic carbocycles. The molecule has 0 spiro atoms. The summed E-state index contributed by atoms with van der Waals surface area (Å²) in [6, 6.07) is 6.56. The molecule has 65 valence electrons. The van der Waals surface area contributed by atoms with E-state index in [9.17, 15) is 0 Å². The zero-order chi connectivity index (χ0) is 9.56. The normalized spacial score (nSPS) is 8.33. The highest BCUT2D eigenvalue weighted by atomic mass is 16.1. The lowest BCUT2D eigenvalue weighted by molar-refractivity contribution is 0.560. The van der Waals surface area contributed by atoms with E-state index in [-0.39, 0.29) is 0 Å². The quantitative estimate of drug-likeness (QED) is 0.574. The molecule has 1 nitrogen and oxygen atoms in total. The molecule has 0 aliphatic heterocycles. The molecule has 0 N–H and O–H groups in total. The van der Waals surface area contributed by atoms with Gasteiger partial charge in [-0.15, -0.1) is 0 Å². The number of benzene rings is 1. The average molecular weight is 163 g/mol. The minimum absolute atomic E-state index is 1.32. The van der Waals surface area contributed by atoms with Crippen LogP contribution in [0.3, 0.4) is 0 Å². The van der Waals surface area contributed by atoms with E-state index < -0.39 is 0 Å². The van der Waals surface area contributed by atoms with Gasteiger partial charge in [-0.3, -0.25) is 4.79 Å². The summed E-state index contributed by atoms with van der Waals surface area (Å²) in [7, 11) is 0. The molecular weight excluding hydrogens is 148 g/mol. The fraction of sp³-hybridized carbons (Fsp3) is 0.364. The van der Waals surface area contributed by atoms with E-state index in [1.807, 2.05) is 0 Å². The third-order valence-electron chi connectivity index (χ3n) is 1.37. The molecule has 1 heteroatoms. The molecule has 0 aliphatic carbocycles. The summed E-state index contributed by atoms with van der Waals surface area (Å²) < 4.78 is 0. The maximum atomic E-state index is 8.68. The average Bonchev–Trinajstić information content (AvgIpc) is 1.84. The summed E-state index contributed by atoms with van der Waals surface area (Å²) in [5, 5.41) is 0. The highest BCUT2D eigenvalue weighted by Gasteiger charge is 1.87. The van der Waals surface area contributed by atoms with Crippen molar-refractivity contribution in [2.24, 2.45) is 0 Å². The van der Waals surface area contributed by atoms with Gasteiger partial charge in [-0.2, -0.15) is 0 Å². The fourth-order valence-corrected chi connectivity index (χ4v) is 1.20. The van der Waals surface area contributed by atoms with E-state index >= 15 is 0 Å². The van der Waals surface area contributed by atoms with Crippen LogP contribution < -0.4 is 0 Å². The molecule has 0 saturated heterocycles. The number of hydrogen-bond donors (Lipinski definition) is 0. The van der Waals surface area contributed by atoms with Crippen LogP contribution in [0.4, 0.5) is 0 Å². The first-order chi connectivity index (χ1) is 5.60. The molecule has 0 aromatic heterocycles. The van der Waals surface area contributed by atoms with Crippen molar-refractivity contribution in [3.8, 4) is 0 Å². The molecule has 1 aromatic rings. The lowest BCUT2D eigenvalue weighted by atomic mass is 10.1. The number of aryl methyl sites for hydroxylation is 3. The van der Waals surface area contributed by atoms with Gasteiger partial charge in [-0.05, 0) is 20.8 Å². The zero-order valence-electron chi connectivity index (χ0n) is 8.14. The lowest BCUT2D eigenvalue weighted by Crippen LogP contribution is -1.78. The van der Waals surface area contributed by atoms with Crippen molar-refractivity contribution in [1.29, 1.82) is 0 Å². The summed E-state index contributed by atoms with van der Waals surface area (Å²) >= 11 is 0. The first kappa shape index (κ1) is 10.9. The van der Waals surface area contributed by atoms with E-state index in [0.29, 0.717) is 0 Å². The smallest absolute Gasteiger partial charge is 0.195 e. The molecule has 0 bridgehead atoms. The Morgan fingerprint density at radius 1 is 0.917 bits per heavy atom. The van der Waals surface area contributed by atoms with Gasteiger partial charge in [0.15, 0.2) is 6.29 Å². The summed E-state index contributed by atoms with van der Waals surface area (Å²) in [6.07, 6.45) is 1.50. The van der Waals surface area contributed by atoms with Crippen molar-refractivity contribution in [3.63, 3.8) is 0 Å². The van der Waals surface area contributed by atoms with Gasteiger partial charge in [-0.1, -0.05) is 34.9 Å². The van der Waals surface area contributed by atoms with Crippen molar-refractivity contribution in [2.45, 2.75) is 27.7 Å². The van der Waals surface area contributed by atoms with Gasteiger partial charge in [-0.25, -0.2) is 0 Å². The van der Waals surface area contributed by atoms with Crippen LogP contribution >= 0.6 is 0 Å². The fourth-order valence-electron chi connectivity index (χ4n) is 1.20. The van der Waals surface area contributed by atoms with Gasteiger partial charge in [0.05, 0.1) is 0 Å². The molecule has 0 unspecified atom stereocenters. The molecular formula is C11H15O. The van der Waals surface area contributed by atoms with Crippen molar-refractivity contribution in [3.05, 3.63) is 34.9 Å².